The van der Waals surface area contributed by atoms with Gasteiger partial charge in [-0.1, -0.05) is 54.6 Å². The molecular weight excluding hydrogens is 254 g/mol. The Kier molecular flexibility index (Phi) is 4.21. The zero-order valence-corrected chi connectivity index (χ0v) is 13.0. The SMILES string of the molecule is Cc1cccc(C2=CCN(Cc3ccccc3)CC2)c1C. The molecule has 0 fully saturated rings. The molecule has 1 heterocycles. The van der Waals surface area contributed by atoms with Gasteiger partial charge in [-0.05, 0) is 48.1 Å². The van der Waals surface area contributed by atoms with Gasteiger partial charge in [-0.2, -0.15) is 0 Å². The summed E-state index contributed by atoms with van der Waals surface area (Å²) in [5.41, 5.74) is 7.18. The topological polar surface area (TPSA) is 3.24 Å². The monoisotopic (exact) mass is 277 g/mol. The van der Waals surface area contributed by atoms with Crippen molar-refractivity contribution in [2.45, 2.75) is 26.8 Å². The first-order valence-electron chi connectivity index (χ1n) is 7.76. The molecule has 0 N–H and O–H groups in total. The van der Waals surface area contributed by atoms with Crippen molar-refractivity contribution in [3.05, 3.63) is 76.9 Å². The van der Waals surface area contributed by atoms with Crippen LogP contribution in [0.15, 0.2) is 54.6 Å². The quantitative estimate of drug-likeness (QED) is 0.793. The Bertz CT molecular complexity index is 640. The van der Waals surface area contributed by atoms with Crippen molar-refractivity contribution in [2.24, 2.45) is 0 Å². The fourth-order valence-corrected chi connectivity index (χ4v) is 3.04. The van der Waals surface area contributed by atoms with Gasteiger partial charge in [0.2, 0.25) is 0 Å². The van der Waals surface area contributed by atoms with Crippen LogP contribution in [0.25, 0.3) is 5.57 Å². The molecule has 1 aliphatic rings. The molecule has 108 valence electrons. The van der Waals surface area contributed by atoms with E-state index >= 15 is 0 Å². The Morgan fingerprint density at radius 2 is 1.76 bits per heavy atom. The number of aryl methyl sites for hydroxylation is 1. The zero-order chi connectivity index (χ0) is 14.7. The minimum atomic E-state index is 1.05. The maximum absolute atomic E-state index is 2.52. The molecule has 0 bridgehead atoms. The van der Waals surface area contributed by atoms with E-state index < -0.39 is 0 Å². The third-order valence-electron chi connectivity index (χ3n) is 4.49. The molecule has 0 unspecified atom stereocenters. The van der Waals surface area contributed by atoms with E-state index in [4.69, 9.17) is 0 Å². The predicted molar refractivity (Wildman–Crippen MR) is 90.2 cm³/mol. The summed E-state index contributed by atoms with van der Waals surface area (Å²) in [6, 6.07) is 17.4. The van der Waals surface area contributed by atoms with Gasteiger partial charge in [-0.15, -0.1) is 0 Å². The predicted octanol–water partition coefficient (Wildman–Crippen LogP) is 4.59. The van der Waals surface area contributed by atoms with Crippen LogP contribution in [0.1, 0.15) is 28.7 Å². The largest absolute Gasteiger partial charge is 0.295 e. The van der Waals surface area contributed by atoms with Crippen LogP contribution in [-0.2, 0) is 6.54 Å². The highest BCUT2D eigenvalue weighted by molar-refractivity contribution is 5.70. The molecule has 2 aromatic carbocycles. The molecule has 0 saturated carbocycles. The average molecular weight is 277 g/mol. The number of nitrogens with zero attached hydrogens (tertiary/aromatic N) is 1. The molecule has 0 aromatic heterocycles. The molecule has 0 atom stereocenters. The maximum atomic E-state index is 2.52. The Morgan fingerprint density at radius 3 is 2.48 bits per heavy atom. The van der Waals surface area contributed by atoms with Gasteiger partial charge in [-0.3, -0.25) is 4.90 Å². The van der Waals surface area contributed by atoms with Gasteiger partial charge in [0.05, 0.1) is 0 Å². The third kappa shape index (κ3) is 3.25. The molecule has 0 amide bonds. The lowest BCUT2D eigenvalue weighted by Crippen LogP contribution is -2.28. The lowest BCUT2D eigenvalue weighted by molar-refractivity contribution is 0.294. The molecule has 21 heavy (non-hydrogen) atoms. The molecule has 1 heteroatoms. The summed E-state index contributed by atoms with van der Waals surface area (Å²) < 4.78 is 0. The standard InChI is InChI=1S/C20H23N/c1-16-7-6-10-20(17(16)2)19-11-13-21(14-12-19)15-18-8-4-3-5-9-18/h3-11H,12-15H2,1-2H3. The molecule has 0 spiro atoms. The molecule has 1 aliphatic heterocycles. The van der Waals surface area contributed by atoms with Gasteiger partial charge >= 0.3 is 0 Å². The third-order valence-corrected chi connectivity index (χ3v) is 4.49. The van der Waals surface area contributed by atoms with Gasteiger partial charge in [0.15, 0.2) is 0 Å². The van der Waals surface area contributed by atoms with Crippen LogP contribution < -0.4 is 0 Å². The summed E-state index contributed by atoms with van der Waals surface area (Å²) >= 11 is 0. The van der Waals surface area contributed by atoms with Gasteiger partial charge in [0.1, 0.15) is 0 Å². The van der Waals surface area contributed by atoms with Crippen molar-refractivity contribution < 1.29 is 0 Å². The smallest absolute Gasteiger partial charge is 0.0237 e. The van der Waals surface area contributed by atoms with Gasteiger partial charge < -0.3 is 0 Å². The van der Waals surface area contributed by atoms with E-state index in [0.29, 0.717) is 0 Å². The molecule has 2 aromatic rings. The van der Waals surface area contributed by atoms with Gasteiger partial charge in [-0.25, -0.2) is 0 Å². The molecule has 1 nitrogen and oxygen atoms in total. The van der Waals surface area contributed by atoms with Crippen LogP contribution in [-0.4, -0.2) is 18.0 Å². The van der Waals surface area contributed by atoms with Crippen LogP contribution >= 0.6 is 0 Å². The van der Waals surface area contributed by atoms with E-state index in [-0.39, 0.29) is 0 Å². The lowest BCUT2D eigenvalue weighted by atomic mass is 9.93. The summed E-state index contributed by atoms with van der Waals surface area (Å²) in [6.07, 6.45) is 3.56. The van der Waals surface area contributed by atoms with Crippen LogP contribution in [0.5, 0.6) is 0 Å². The Morgan fingerprint density at radius 1 is 0.952 bits per heavy atom. The molecule has 3 rings (SSSR count). The summed E-state index contributed by atoms with van der Waals surface area (Å²) in [5, 5.41) is 0. The Balaban J connectivity index is 1.71. The maximum Gasteiger partial charge on any atom is 0.0237 e. The highest BCUT2D eigenvalue weighted by Crippen LogP contribution is 2.27. The van der Waals surface area contributed by atoms with Crippen LogP contribution in [0.3, 0.4) is 0 Å². The zero-order valence-electron chi connectivity index (χ0n) is 13.0. The summed E-state index contributed by atoms with van der Waals surface area (Å²) in [5.74, 6) is 0. The van der Waals surface area contributed by atoms with Crippen molar-refractivity contribution >= 4 is 5.57 Å². The number of benzene rings is 2. The summed E-state index contributed by atoms with van der Waals surface area (Å²) in [4.78, 5) is 2.52. The van der Waals surface area contributed by atoms with Gasteiger partial charge in [0.25, 0.3) is 0 Å². The van der Waals surface area contributed by atoms with E-state index in [1.165, 1.54) is 27.8 Å². The number of hydrogen-bond acceptors (Lipinski definition) is 1. The first-order chi connectivity index (χ1) is 10.2. The van der Waals surface area contributed by atoms with E-state index in [0.717, 1.165) is 26.1 Å². The van der Waals surface area contributed by atoms with E-state index in [9.17, 15) is 0 Å². The molecular formula is C20H23N. The molecule has 0 radical (unpaired) electrons. The fraction of sp³-hybridized carbons (Fsp3) is 0.300. The van der Waals surface area contributed by atoms with Crippen molar-refractivity contribution in [1.29, 1.82) is 0 Å². The first-order valence-corrected chi connectivity index (χ1v) is 7.76. The second-order valence-corrected chi connectivity index (χ2v) is 5.95. The summed E-state index contributed by atoms with van der Waals surface area (Å²) in [6.45, 7) is 7.69. The number of rotatable bonds is 3. The Hall–Kier alpha value is -1.86. The van der Waals surface area contributed by atoms with Crippen LogP contribution in [0.2, 0.25) is 0 Å². The van der Waals surface area contributed by atoms with E-state index in [2.05, 4.69) is 73.4 Å². The van der Waals surface area contributed by atoms with E-state index in [1.54, 1.807) is 0 Å². The second-order valence-electron chi connectivity index (χ2n) is 5.95. The average Bonchev–Trinajstić information content (AvgIpc) is 2.52. The van der Waals surface area contributed by atoms with E-state index in [1.807, 2.05) is 0 Å². The lowest BCUT2D eigenvalue weighted by Gasteiger charge is -2.27. The Labute approximate surface area is 127 Å². The van der Waals surface area contributed by atoms with Crippen molar-refractivity contribution in [2.75, 3.05) is 13.1 Å². The minimum absolute atomic E-state index is 1.05. The minimum Gasteiger partial charge on any atom is -0.295 e. The van der Waals surface area contributed by atoms with Gasteiger partial charge in [0, 0.05) is 19.6 Å². The summed E-state index contributed by atoms with van der Waals surface area (Å²) in [7, 11) is 0. The molecule has 0 saturated heterocycles. The van der Waals surface area contributed by atoms with Crippen molar-refractivity contribution in [1.82, 2.24) is 4.90 Å². The first kappa shape index (κ1) is 14.1. The number of hydrogen-bond donors (Lipinski definition) is 0. The normalized spacial score (nSPS) is 15.8. The highest BCUT2D eigenvalue weighted by atomic mass is 15.1. The van der Waals surface area contributed by atoms with Crippen LogP contribution in [0, 0.1) is 13.8 Å². The van der Waals surface area contributed by atoms with Crippen LogP contribution in [0.4, 0.5) is 0 Å². The van der Waals surface area contributed by atoms with Crippen molar-refractivity contribution in [3.63, 3.8) is 0 Å². The molecule has 0 aliphatic carbocycles. The second kappa shape index (κ2) is 6.28. The van der Waals surface area contributed by atoms with Crippen molar-refractivity contribution in [3.8, 4) is 0 Å². The fourth-order valence-electron chi connectivity index (χ4n) is 3.04. The highest BCUT2D eigenvalue weighted by Gasteiger charge is 2.14.